The average molecular weight is 307 g/mol. The second-order valence-corrected chi connectivity index (χ2v) is 5.24. The smallest absolute Gasteiger partial charge is 0.225 e. The van der Waals surface area contributed by atoms with Gasteiger partial charge >= 0.3 is 0 Å². The van der Waals surface area contributed by atoms with E-state index in [1.165, 1.54) is 0 Å². The second-order valence-electron chi connectivity index (χ2n) is 5.24. The van der Waals surface area contributed by atoms with Crippen LogP contribution in [0.5, 0.6) is 0 Å². The summed E-state index contributed by atoms with van der Waals surface area (Å²) in [6.45, 7) is 1.74. The van der Waals surface area contributed by atoms with E-state index in [2.05, 4.69) is 15.5 Å². The molecule has 0 saturated carbocycles. The number of nitrogens with zero attached hydrogens (tertiary/aromatic N) is 2. The third kappa shape index (κ3) is 3.83. The highest BCUT2D eigenvalue weighted by molar-refractivity contribution is 5.91. The highest BCUT2D eigenvalue weighted by Crippen LogP contribution is 2.27. The minimum Gasteiger partial charge on any atom is -0.425 e. The van der Waals surface area contributed by atoms with Crippen molar-refractivity contribution in [1.82, 2.24) is 10.2 Å². The minimum absolute atomic E-state index is 0.0964. The largest absolute Gasteiger partial charge is 0.425 e. The molecule has 0 aliphatic rings. The first-order chi connectivity index (χ1) is 11.2. The third-order valence-electron chi connectivity index (χ3n) is 3.49. The maximum absolute atomic E-state index is 12.4. The number of nitrogens with one attached hydrogen (secondary N) is 1. The zero-order valence-corrected chi connectivity index (χ0v) is 12.8. The molecule has 1 amide bonds. The number of rotatable bonds is 5. The van der Waals surface area contributed by atoms with Crippen molar-refractivity contribution in [3.8, 4) is 0 Å². The van der Waals surface area contributed by atoms with Crippen LogP contribution in [-0.2, 0) is 4.79 Å². The molecule has 0 bridgehead atoms. The molecule has 2 aromatic carbocycles. The summed E-state index contributed by atoms with van der Waals surface area (Å²) in [7, 11) is 0. The number of amides is 1. The molecule has 1 aromatic heterocycles. The SMILES string of the molecule is Cc1nnc(C(CC(=O)Nc2ccccc2)c2ccccc2)o1. The fourth-order valence-electron chi connectivity index (χ4n) is 2.40. The number of hydrogen-bond acceptors (Lipinski definition) is 4. The molecule has 0 fully saturated rings. The number of aryl methyl sites for hydroxylation is 1. The van der Waals surface area contributed by atoms with E-state index in [-0.39, 0.29) is 18.2 Å². The minimum atomic E-state index is -0.263. The Kier molecular flexibility index (Phi) is 4.47. The molecule has 0 aliphatic heterocycles. The van der Waals surface area contributed by atoms with Gasteiger partial charge in [0, 0.05) is 19.0 Å². The molecule has 1 N–H and O–H groups in total. The number of carbonyl (C=O) groups excluding carboxylic acids is 1. The van der Waals surface area contributed by atoms with E-state index in [1.54, 1.807) is 6.92 Å². The first-order valence-electron chi connectivity index (χ1n) is 7.42. The molecular weight excluding hydrogens is 290 g/mol. The van der Waals surface area contributed by atoms with E-state index in [4.69, 9.17) is 4.42 Å². The van der Waals surface area contributed by atoms with Gasteiger partial charge in [0.2, 0.25) is 17.7 Å². The van der Waals surface area contributed by atoms with Gasteiger partial charge in [-0.3, -0.25) is 4.79 Å². The van der Waals surface area contributed by atoms with Gasteiger partial charge in [-0.15, -0.1) is 10.2 Å². The van der Waals surface area contributed by atoms with Gasteiger partial charge in [0.1, 0.15) is 0 Å². The van der Waals surface area contributed by atoms with E-state index in [0.717, 1.165) is 11.3 Å². The average Bonchev–Trinajstić information content (AvgIpc) is 3.00. The lowest BCUT2D eigenvalue weighted by atomic mass is 9.95. The number of benzene rings is 2. The molecule has 5 nitrogen and oxygen atoms in total. The Labute approximate surface area is 134 Å². The van der Waals surface area contributed by atoms with Gasteiger partial charge in [0.25, 0.3) is 0 Å². The van der Waals surface area contributed by atoms with Gasteiger partial charge in [-0.05, 0) is 17.7 Å². The molecule has 0 saturated heterocycles. The summed E-state index contributed by atoms with van der Waals surface area (Å²) in [5, 5.41) is 10.9. The van der Waals surface area contributed by atoms with E-state index in [1.807, 2.05) is 60.7 Å². The van der Waals surface area contributed by atoms with Gasteiger partial charge in [-0.1, -0.05) is 48.5 Å². The van der Waals surface area contributed by atoms with Crippen LogP contribution in [0.1, 0.15) is 29.7 Å². The Balaban J connectivity index is 1.80. The lowest BCUT2D eigenvalue weighted by Gasteiger charge is -2.13. The number of para-hydroxylation sites is 1. The molecule has 5 heteroatoms. The Bertz CT molecular complexity index is 769. The Morgan fingerprint density at radius 2 is 1.70 bits per heavy atom. The molecule has 1 heterocycles. The van der Waals surface area contributed by atoms with Crippen molar-refractivity contribution in [2.24, 2.45) is 0 Å². The number of hydrogen-bond donors (Lipinski definition) is 1. The first-order valence-corrected chi connectivity index (χ1v) is 7.42. The first kappa shape index (κ1) is 15.0. The highest BCUT2D eigenvalue weighted by atomic mass is 16.4. The normalized spacial score (nSPS) is 11.9. The second kappa shape index (κ2) is 6.87. The van der Waals surface area contributed by atoms with Crippen LogP contribution < -0.4 is 5.32 Å². The van der Waals surface area contributed by atoms with Crippen LogP contribution >= 0.6 is 0 Å². The number of anilines is 1. The lowest BCUT2D eigenvalue weighted by Crippen LogP contribution is -2.16. The van der Waals surface area contributed by atoms with E-state index >= 15 is 0 Å². The predicted molar refractivity (Wildman–Crippen MR) is 87.0 cm³/mol. The van der Waals surface area contributed by atoms with Gasteiger partial charge in [-0.25, -0.2) is 0 Å². The van der Waals surface area contributed by atoms with Crippen LogP contribution in [0.15, 0.2) is 65.1 Å². The molecule has 3 aromatic rings. The van der Waals surface area contributed by atoms with Crippen LogP contribution in [0.2, 0.25) is 0 Å². The quantitative estimate of drug-likeness (QED) is 0.783. The van der Waals surface area contributed by atoms with E-state index in [9.17, 15) is 4.79 Å². The van der Waals surface area contributed by atoms with Crippen molar-refractivity contribution in [1.29, 1.82) is 0 Å². The molecule has 1 atom stereocenters. The summed E-state index contributed by atoms with van der Waals surface area (Å²) in [5.74, 6) is 0.586. The van der Waals surface area contributed by atoms with Crippen molar-refractivity contribution in [3.05, 3.63) is 78.0 Å². The van der Waals surface area contributed by atoms with Gasteiger partial charge in [-0.2, -0.15) is 0 Å². The predicted octanol–water partition coefficient (Wildman–Crippen LogP) is 3.54. The van der Waals surface area contributed by atoms with E-state index < -0.39 is 0 Å². The molecule has 0 radical (unpaired) electrons. The van der Waals surface area contributed by atoms with Crippen LogP contribution in [0.25, 0.3) is 0 Å². The summed E-state index contributed by atoms with van der Waals surface area (Å²) in [6.07, 6.45) is 0.237. The number of aromatic nitrogens is 2. The van der Waals surface area contributed by atoms with Crippen LogP contribution in [0.4, 0.5) is 5.69 Å². The molecule has 0 spiro atoms. The Morgan fingerprint density at radius 3 is 2.30 bits per heavy atom. The highest BCUT2D eigenvalue weighted by Gasteiger charge is 2.23. The fourth-order valence-corrected chi connectivity index (χ4v) is 2.40. The van der Waals surface area contributed by atoms with Crippen molar-refractivity contribution in [2.75, 3.05) is 5.32 Å². The monoisotopic (exact) mass is 307 g/mol. The molecule has 23 heavy (non-hydrogen) atoms. The molecular formula is C18H17N3O2. The summed E-state index contributed by atoms with van der Waals surface area (Å²) in [5.41, 5.74) is 1.74. The van der Waals surface area contributed by atoms with Crippen LogP contribution in [0, 0.1) is 6.92 Å². The summed E-state index contributed by atoms with van der Waals surface area (Å²) >= 11 is 0. The maximum atomic E-state index is 12.4. The zero-order valence-electron chi connectivity index (χ0n) is 12.8. The fraction of sp³-hybridized carbons (Fsp3) is 0.167. The maximum Gasteiger partial charge on any atom is 0.225 e. The van der Waals surface area contributed by atoms with Crippen molar-refractivity contribution >= 4 is 11.6 Å². The van der Waals surface area contributed by atoms with Gasteiger partial charge < -0.3 is 9.73 Å². The third-order valence-corrected chi connectivity index (χ3v) is 3.49. The topological polar surface area (TPSA) is 68.0 Å². The molecule has 116 valence electrons. The van der Waals surface area contributed by atoms with Gasteiger partial charge in [0.05, 0.1) is 5.92 Å². The van der Waals surface area contributed by atoms with Crippen molar-refractivity contribution in [2.45, 2.75) is 19.3 Å². The summed E-state index contributed by atoms with van der Waals surface area (Å²) < 4.78 is 5.55. The lowest BCUT2D eigenvalue weighted by molar-refractivity contribution is -0.116. The van der Waals surface area contributed by atoms with E-state index in [0.29, 0.717) is 11.8 Å². The van der Waals surface area contributed by atoms with Gasteiger partial charge in [0.15, 0.2) is 0 Å². The molecule has 0 aliphatic carbocycles. The van der Waals surface area contributed by atoms with Crippen LogP contribution in [0.3, 0.4) is 0 Å². The van der Waals surface area contributed by atoms with Crippen LogP contribution in [-0.4, -0.2) is 16.1 Å². The number of carbonyl (C=O) groups is 1. The standard InChI is InChI=1S/C18H17N3O2/c1-13-20-21-18(23-13)16(14-8-4-2-5-9-14)12-17(22)19-15-10-6-3-7-11-15/h2-11,16H,12H2,1H3,(H,19,22). The van der Waals surface area contributed by atoms with Crippen molar-refractivity contribution in [3.63, 3.8) is 0 Å². The Morgan fingerprint density at radius 1 is 1.04 bits per heavy atom. The summed E-state index contributed by atoms with van der Waals surface area (Å²) in [6, 6.07) is 19.1. The molecule has 3 rings (SSSR count). The molecule has 1 unspecified atom stereocenters. The summed E-state index contributed by atoms with van der Waals surface area (Å²) in [4.78, 5) is 12.4. The Hall–Kier alpha value is -2.95. The zero-order chi connectivity index (χ0) is 16.1. The van der Waals surface area contributed by atoms with Crippen molar-refractivity contribution < 1.29 is 9.21 Å².